The molecule has 0 fully saturated rings. The summed E-state index contributed by atoms with van der Waals surface area (Å²) in [6.45, 7) is 5.78. The zero-order valence-electron chi connectivity index (χ0n) is 10.7. The van der Waals surface area contributed by atoms with Gasteiger partial charge in [0.25, 0.3) is 0 Å². The second-order valence-electron chi connectivity index (χ2n) is 4.15. The van der Waals surface area contributed by atoms with Gasteiger partial charge in [0.2, 0.25) is 0 Å². The Morgan fingerprint density at radius 3 is 2.47 bits per heavy atom. The summed E-state index contributed by atoms with van der Waals surface area (Å²) in [5.74, 6) is -0.203. The molecule has 6 nitrogen and oxygen atoms in total. The first kappa shape index (κ1) is 13.6. The molecule has 0 aromatic carbocycles. The molecule has 17 heavy (non-hydrogen) atoms. The fourth-order valence-electron chi connectivity index (χ4n) is 1.97. The third-order valence-corrected chi connectivity index (χ3v) is 3.26. The van der Waals surface area contributed by atoms with Crippen LogP contribution in [-0.2, 0) is 16.8 Å². The summed E-state index contributed by atoms with van der Waals surface area (Å²) in [7, 11) is 0. The third kappa shape index (κ3) is 2.45. The molecule has 0 unspecified atom stereocenters. The molecule has 0 radical (unpaired) electrons. The number of carboxylic acid groups (broad SMARTS) is 1. The van der Waals surface area contributed by atoms with E-state index in [4.69, 9.17) is 0 Å². The van der Waals surface area contributed by atoms with Crippen LogP contribution in [0.15, 0.2) is 0 Å². The van der Waals surface area contributed by atoms with Crippen LogP contribution in [0.5, 0.6) is 0 Å². The fraction of sp³-hybridized carbons (Fsp3) is 0.818. The number of hydrogen-bond donors (Lipinski definition) is 1. The van der Waals surface area contributed by atoms with E-state index in [1.807, 2.05) is 13.8 Å². The number of carbonyl (C=O) groups is 1. The molecule has 0 aliphatic carbocycles. The van der Waals surface area contributed by atoms with Gasteiger partial charge in [0.05, 0.1) is 0 Å². The highest BCUT2D eigenvalue weighted by molar-refractivity contribution is 5.76. The van der Waals surface area contributed by atoms with E-state index in [1.165, 1.54) is 4.68 Å². The SMILES string of the molecule is CCCCc1nnnn1C(CC)(CC)C(=O)O. The molecule has 1 aromatic rings. The van der Waals surface area contributed by atoms with Crippen molar-refractivity contribution in [3.8, 4) is 0 Å². The molecule has 96 valence electrons. The number of tetrazole rings is 1. The molecule has 0 spiro atoms. The lowest BCUT2D eigenvalue weighted by Crippen LogP contribution is -2.42. The van der Waals surface area contributed by atoms with Crippen molar-refractivity contribution >= 4 is 5.97 Å². The van der Waals surface area contributed by atoms with E-state index < -0.39 is 11.5 Å². The van der Waals surface area contributed by atoms with Gasteiger partial charge in [-0.3, -0.25) is 0 Å². The molecular weight excluding hydrogens is 220 g/mol. The average Bonchev–Trinajstić information content (AvgIpc) is 2.77. The average molecular weight is 240 g/mol. The summed E-state index contributed by atoms with van der Waals surface area (Å²) >= 11 is 0. The summed E-state index contributed by atoms with van der Waals surface area (Å²) < 4.78 is 1.49. The molecule has 0 amide bonds. The summed E-state index contributed by atoms with van der Waals surface area (Å²) in [5, 5.41) is 20.9. The predicted molar refractivity (Wildman–Crippen MR) is 62.6 cm³/mol. The van der Waals surface area contributed by atoms with Gasteiger partial charge in [-0.15, -0.1) is 5.10 Å². The molecule has 1 heterocycles. The maximum Gasteiger partial charge on any atom is 0.331 e. The molecule has 0 bridgehead atoms. The molecule has 6 heteroatoms. The number of rotatable bonds is 7. The molecule has 0 aliphatic rings. The Hall–Kier alpha value is -1.46. The van der Waals surface area contributed by atoms with Crippen molar-refractivity contribution in [2.45, 2.75) is 58.4 Å². The molecule has 1 rings (SSSR count). The first-order chi connectivity index (χ1) is 8.12. The van der Waals surface area contributed by atoms with E-state index >= 15 is 0 Å². The lowest BCUT2D eigenvalue weighted by molar-refractivity contribution is -0.148. The normalized spacial score (nSPS) is 11.7. The minimum Gasteiger partial charge on any atom is -0.479 e. The lowest BCUT2D eigenvalue weighted by atomic mass is 9.93. The van der Waals surface area contributed by atoms with Gasteiger partial charge in [0, 0.05) is 6.42 Å². The molecule has 0 saturated heterocycles. The van der Waals surface area contributed by atoms with Crippen molar-refractivity contribution < 1.29 is 9.90 Å². The Kier molecular flexibility index (Phi) is 4.60. The molecular formula is C11H20N4O2. The minimum absolute atomic E-state index is 0.475. The van der Waals surface area contributed by atoms with Gasteiger partial charge >= 0.3 is 5.97 Å². The summed E-state index contributed by atoms with van der Waals surface area (Å²) in [5.41, 5.74) is -1.01. The van der Waals surface area contributed by atoms with Gasteiger partial charge in [-0.2, -0.15) is 0 Å². The number of aliphatic carboxylic acids is 1. The van der Waals surface area contributed by atoms with Crippen LogP contribution in [-0.4, -0.2) is 31.3 Å². The van der Waals surface area contributed by atoms with Gasteiger partial charge in [-0.25, -0.2) is 9.48 Å². The van der Waals surface area contributed by atoms with E-state index in [1.54, 1.807) is 0 Å². The zero-order chi connectivity index (χ0) is 12.9. The smallest absolute Gasteiger partial charge is 0.331 e. The van der Waals surface area contributed by atoms with Crippen molar-refractivity contribution in [2.75, 3.05) is 0 Å². The van der Waals surface area contributed by atoms with Gasteiger partial charge in [0.15, 0.2) is 11.4 Å². The fourth-order valence-corrected chi connectivity index (χ4v) is 1.97. The largest absolute Gasteiger partial charge is 0.479 e. The van der Waals surface area contributed by atoms with Crippen LogP contribution in [0.25, 0.3) is 0 Å². The second kappa shape index (κ2) is 5.75. The Morgan fingerprint density at radius 1 is 1.35 bits per heavy atom. The van der Waals surface area contributed by atoms with Crippen LogP contribution in [0.4, 0.5) is 0 Å². The molecule has 0 aliphatic heterocycles. The topological polar surface area (TPSA) is 80.9 Å². The number of aromatic nitrogens is 4. The lowest BCUT2D eigenvalue weighted by Gasteiger charge is -2.27. The summed E-state index contributed by atoms with van der Waals surface area (Å²) in [6.07, 6.45) is 3.67. The minimum atomic E-state index is -1.01. The van der Waals surface area contributed by atoms with Crippen molar-refractivity contribution in [2.24, 2.45) is 0 Å². The van der Waals surface area contributed by atoms with Crippen LogP contribution in [0.3, 0.4) is 0 Å². The Balaban J connectivity index is 3.10. The maximum atomic E-state index is 11.5. The summed E-state index contributed by atoms with van der Waals surface area (Å²) in [4.78, 5) is 11.5. The van der Waals surface area contributed by atoms with Gasteiger partial charge in [-0.05, 0) is 29.7 Å². The van der Waals surface area contributed by atoms with Crippen molar-refractivity contribution in [3.05, 3.63) is 5.82 Å². The Morgan fingerprint density at radius 2 is 2.00 bits per heavy atom. The van der Waals surface area contributed by atoms with Gasteiger partial charge in [0.1, 0.15) is 0 Å². The van der Waals surface area contributed by atoms with Crippen molar-refractivity contribution in [1.29, 1.82) is 0 Å². The monoisotopic (exact) mass is 240 g/mol. The third-order valence-electron chi connectivity index (χ3n) is 3.26. The standard InChI is InChI=1S/C11H20N4O2/c1-4-7-8-9-12-13-14-15(9)11(5-2,6-3)10(16)17/h4-8H2,1-3H3,(H,16,17). The van der Waals surface area contributed by atoms with Crippen LogP contribution in [0, 0.1) is 0 Å². The number of hydrogen-bond acceptors (Lipinski definition) is 4. The number of nitrogens with zero attached hydrogens (tertiary/aromatic N) is 4. The number of carboxylic acids is 1. The number of aryl methyl sites for hydroxylation is 1. The molecule has 1 N–H and O–H groups in total. The van der Waals surface area contributed by atoms with Crippen molar-refractivity contribution in [1.82, 2.24) is 20.2 Å². The van der Waals surface area contributed by atoms with Gasteiger partial charge in [-0.1, -0.05) is 27.2 Å². The second-order valence-corrected chi connectivity index (χ2v) is 4.15. The molecule has 0 saturated carbocycles. The van der Waals surface area contributed by atoms with Crippen LogP contribution >= 0.6 is 0 Å². The van der Waals surface area contributed by atoms with Crippen LogP contribution in [0.2, 0.25) is 0 Å². The van der Waals surface area contributed by atoms with E-state index in [0.29, 0.717) is 18.7 Å². The van der Waals surface area contributed by atoms with Gasteiger partial charge < -0.3 is 5.11 Å². The van der Waals surface area contributed by atoms with E-state index in [9.17, 15) is 9.90 Å². The first-order valence-corrected chi connectivity index (χ1v) is 6.13. The highest BCUT2D eigenvalue weighted by Crippen LogP contribution is 2.26. The first-order valence-electron chi connectivity index (χ1n) is 6.13. The molecule has 0 atom stereocenters. The van der Waals surface area contributed by atoms with Crippen LogP contribution in [0.1, 0.15) is 52.3 Å². The van der Waals surface area contributed by atoms with Crippen molar-refractivity contribution in [3.63, 3.8) is 0 Å². The maximum absolute atomic E-state index is 11.5. The van der Waals surface area contributed by atoms with E-state index in [-0.39, 0.29) is 0 Å². The number of unbranched alkanes of at least 4 members (excludes halogenated alkanes) is 1. The van der Waals surface area contributed by atoms with Crippen LogP contribution < -0.4 is 0 Å². The predicted octanol–water partition coefficient (Wildman–Crippen LogP) is 1.62. The quantitative estimate of drug-likeness (QED) is 0.783. The Bertz CT molecular complexity index is 371. The zero-order valence-corrected chi connectivity index (χ0v) is 10.7. The Labute approximate surface area is 101 Å². The summed E-state index contributed by atoms with van der Waals surface area (Å²) in [6, 6.07) is 0. The van der Waals surface area contributed by atoms with E-state index in [0.717, 1.165) is 19.3 Å². The highest BCUT2D eigenvalue weighted by atomic mass is 16.4. The van der Waals surface area contributed by atoms with E-state index in [2.05, 4.69) is 22.4 Å². The molecule has 1 aromatic heterocycles. The highest BCUT2D eigenvalue weighted by Gasteiger charge is 2.40.